The Labute approximate surface area is 308 Å². The van der Waals surface area contributed by atoms with Crippen LogP contribution in [0.5, 0.6) is 11.8 Å². The molecule has 6 heterocycles. The van der Waals surface area contributed by atoms with Crippen molar-refractivity contribution < 1.29 is 19.1 Å². The summed E-state index contributed by atoms with van der Waals surface area (Å²) >= 11 is 7.28. The highest BCUT2D eigenvalue weighted by Crippen LogP contribution is 2.48. The lowest BCUT2D eigenvalue weighted by Crippen LogP contribution is -2.67. The van der Waals surface area contributed by atoms with Crippen LogP contribution in [0.1, 0.15) is 60.5 Å². The van der Waals surface area contributed by atoms with Gasteiger partial charge in [0.25, 0.3) is 0 Å². The fraction of sp³-hybridized carbons (Fsp3) is 0.425. The Morgan fingerprint density at radius 3 is 2.13 bits per heavy atom. The molecule has 4 aromatic rings. The van der Waals surface area contributed by atoms with Gasteiger partial charge in [-0.3, -0.25) is 24.4 Å². The summed E-state index contributed by atoms with van der Waals surface area (Å²) in [6.07, 6.45) is 6.75. The lowest BCUT2D eigenvalue weighted by atomic mass is 9.86. The number of aromatic nitrogens is 3. The molecule has 0 bridgehead atoms. The van der Waals surface area contributed by atoms with Gasteiger partial charge in [0, 0.05) is 73.9 Å². The van der Waals surface area contributed by atoms with Crippen molar-refractivity contribution in [3.63, 3.8) is 0 Å². The van der Waals surface area contributed by atoms with Crippen molar-refractivity contribution in [2.75, 3.05) is 40.4 Å². The Balaban J connectivity index is 0.973. The van der Waals surface area contributed by atoms with E-state index < -0.39 is 0 Å². The molecular weight excluding hydrogens is 678 g/mol. The number of fused-ring (bicyclic) bond motifs is 1. The molecule has 9 rings (SSSR count). The molecule has 52 heavy (non-hydrogen) atoms. The van der Waals surface area contributed by atoms with Crippen LogP contribution in [0.2, 0.25) is 5.02 Å². The summed E-state index contributed by atoms with van der Waals surface area (Å²) in [6.45, 7) is 6.03. The van der Waals surface area contributed by atoms with Gasteiger partial charge in [-0.25, -0.2) is 9.97 Å². The molecule has 2 aromatic carbocycles. The molecule has 5 aliphatic rings. The minimum atomic E-state index is -0.0887. The van der Waals surface area contributed by atoms with E-state index in [0.717, 1.165) is 102 Å². The number of benzene rings is 2. The maximum Gasteiger partial charge on any atom is 0.237 e. The Kier molecular flexibility index (Phi) is 8.02. The Hall–Kier alpha value is -4.58. The first kappa shape index (κ1) is 33.3. The van der Waals surface area contributed by atoms with Gasteiger partial charge >= 0.3 is 0 Å². The van der Waals surface area contributed by atoms with Gasteiger partial charge in [0.05, 0.1) is 47.9 Å². The molecule has 2 aromatic heterocycles. The number of carbonyl (C=O) groups excluding carboxylic acids is 2. The summed E-state index contributed by atoms with van der Waals surface area (Å²) in [6, 6.07) is 14.6. The van der Waals surface area contributed by atoms with E-state index in [1.54, 1.807) is 14.2 Å². The first-order chi connectivity index (χ1) is 25.2. The number of methoxy groups -OCH3 is 2. The quantitative estimate of drug-likeness (QED) is 0.251. The monoisotopic (exact) mass is 719 g/mol. The van der Waals surface area contributed by atoms with Crippen LogP contribution >= 0.6 is 11.6 Å². The molecule has 268 valence electrons. The highest BCUT2D eigenvalue weighted by atomic mass is 35.5. The predicted molar refractivity (Wildman–Crippen MR) is 197 cm³/mol. The number of hydrogen-bond donors (Lipinski definition) is 2. The largest absolute Gasteiger partial charge is 0.481 e. The molecule has 12 heteroatoms. The van der Waals surface area contributed by atoms with E-state index in [-0.39, 0.29) is 28.9 Å². The molecule has 0 unspecified atom stereocenters. The van der Waals surface area contributed by atoms with Gasteiger partial charge < -0.3 is 20.1 Å². The molecular formula is C40H42ClN7O4. The average Bonchev–Trinajstić information content (AvgIpc) is 3.84. The first-order valence-corrected chi connectivity index (χ1v) is 18.5. The number of ether oxygens (including phenoxy) is 2. The van der Waals surface area contributed by atoms with Crippen LogP contribution in [0.15, 0.2) is 48.7 Å². The van der Waals surface area contributed by atoms with E-state index >= 15 is 0 Å². The van der Waals surface area contributed by atoms with Crippen molar-refractivity contribution in [2.45, 2.75) is 69.1 Å². The number of halogens is 1. The fourth-order valence-electron chi connectivity index (χ4n) is 9.29. The summed E-state index contributed by atoms with van der Waals surface area (Å²) < 4.78 is 11.7. The first-order valence-electron chi connectivity index (χ1n) is 18.1. The third-order valence-electron chi connectivity index (χ3n) is 11.9. The summed E-state index contributed by atoms with van der Waals surface area (Å²) in [5.74, 6) is 1.44. The van der Waals surface area contributed by atoms with E-state index in [1.807, 2.05) is 36.5 Å². The zero-order valence-corrected chi connectivity index (χ0v) is 30.5. The maximum absolute atomic E-state index is 11.9. The van der Waals surface area contributed by atoms with Crippen LogP contribution in [-0.2, 0) is 22.6 Å². The van der Waals surface area contributed by atoms with Crippen LogP contribution in [0.3, 0.4) is 0 Å². The number of amides is 2. The average molecular weight is 720 g/mol. The van der Waals surface area contributed by atoms with E-state index in [9.17, 15) is 9.59 Å². The minimum absolute atomic E-state index is 0.0685. The molecule has 4 saturated heterocycles. The molecule has 2 spiro atoms. The fourth-order valence-corrected chi connectivity index (χ4v) is 9.61. The SMILES string of the molecule is COc1nc(-c2cccc(-c3cccc(-c4cc5c(c(OC)n4)[C@@H](N4CC6(CCC(=O)N6)C4)CC5)c3Cl)c2C)cnc1CN1CC2(CCC(=O)N2)C1. The van der Waals surface area contributed by atoms with Crippen LogP contribution < -0.4 is 20.1 Å². The molecule has 2 amide bonds. The van der Waals surface area contributed by atoms with Gasteiger partial charge in [-0.1, -0.05) is 48.0 Å². The molecule has 2 N–H and O–H groups in total. The van der Waals surface area contributed by atoms with Crippen LogP contribution in [0.4, 0.5) is 0 Å². The van der Waals surface area contributed by atoms with Gasteiger partial charge in [-0.2, -0.15) is 0 Å². The maximum atomic E-state index is 11.9. The Morgan fingerprint density at radius 1 is 0.827 bits per heavy atom. The molecule has 4 aliphatic heterocycles. The highest BCUT2D eigenvalue weighted by molar-refractivity contribution is 6.36. The second-order valence-electron chi connectivity index (χ2n) is 15.2. The van der Waals surface area contributed by atoms with Crippen LogP contribution in [0.25, 0.3) is 33.6 Å². The topological polar surface area (TPSA) is 122 Å². The van der Waals surface area contributed by atoms with E-state index in [0.29, 0.717) is 36.2 Å². The number of carbonyl (C=O) groups is 2. The summed E-state index contributed by atoms with van der Waals surface area (Å²) in [7, 11) is 3.31. The normalized spacial score (nSPS) is 21.5. The number of pyridine rings is 1. The van der Waals surface area contributed by atoms with Gasteiger partial charge in [0.15, 0.2) is 0 Å². The number of aryl methyl sites for hydroxylation is 1. The second-order valence-corrected chi connectivity index (χ2v) is 15.6. The molecule has 11 nitrogen and oxygen atoms in total. The smallest absolute Gasteiger partial charge is 0.237 e. The molecule has 1 aliphatic carbocycles. The van der Waals surface area contributed by atoms with Gasteiger partial charge in [0.2, 0.25) is 23.6 Å². The molecule has 4 fully saturated rings. The van der Waals surface area contributed by atoms with Crippen molar-refractivity contribution in [3.8, 4) is 45.4 Å². The summed E-state index contributed by atoms with van der Waals surface area (Å²) in [5, 5.41) is 6.97. The van der Waals surface area contributed by atoms with Gasteiger partial charge in [0.1, 0.15) is 5.69 Å². The zero-order chi connectivity index (χ0) is 35.8. The number of nitrogens with zero attached hydrogens (tertiary/aromatic N) is 5. The second kappa shape index (κ2) is 12.5. The predicted octanol–water partition coefficient (Wildman–Crippen LogP) is 5.27. The number of nitrogens with one attached hydrogen (secondary N) is 2. The summed E-state index contributed by atoms with van der Waals surface area (Å²) in [4.78, 5) is 43.1. The molecule has 0 saturated carbocycles. The van der Waals surface area contributed by atoms with Crippen molar-refractivity contribution in [1.29, 1.82) is 0 Å². The number of rotatable bonds is 8. The minimum Gasteiger partial charge on any atom is -0.481 e. The van der Waals surface area contributed by atoms with E-state index in [1.165, 1.54) is 5.56 Å². The number of likely N-dealkylation sites (tertiary alicyclic amines) is 2. The van der Waals surface area contributed by atoms with Crippen molar-refractivity contribution in [1.82, 2.24) is 35.4 Å². The lowest BCUT2D eigenvalue weighted by Gasteiger charge is -2.50. The van der Waals surface area contributed by atoms with Crippen LogP contribution in [-0.4, -0.2) is 88.0 Å². The highest BCUT2D eigenvalue weighted by Gasteiger charge is 2.51. The lowest BCUT2D eigenvalue weighted by molar-refractivity contribution is -0.121. The van der Waals surface area contributed by atoms with E-state index in [2.05, 4.69) is 39.5 Å². The third kappa shape index (κ3) is 5.52. The Morgan fingerprint density at radius 2 is 1.46 bits per heavy atom. The zero-order valence-electron chi connectivity index (χ0n) is 29.7. The number of hydrogen-bond acceptors (Lipinski definition) is 9. The Bertz CT molecular complexity index is 2130. The van der Waals surface area contributed by atoms with Gasteiger partial charge in [-0.05, 0) is 55.4 Å². The van der Waals surface area contributed by atoms with E-state index in [4.69, 9.17) is 36.0 Å². The molecule has 1 atom stereocenters. The summed E-state index contributed by atoms with van der Waals surface area (Å²) in [5.41, 5.74) is 9.24. The molecule has 0 radical (unpaired) electrons. The third-order valence-corrected chi connectivity index (χ3v) is 12.3. The van der Waals surface area contributed by atoms with Crippen molar-refractivity contribution >= 4 is 23.4 Å². The van der Waals surface area contributed by atoms with Crippen LogP contribution in [0, 0.1) is 6.92 Å². The standard InChI is InChI=1S/C40H42ClN7O4/c1-23-25(6-4-7-26(23)30-17-42-31(37(44-30)51-2)18-47-19-39(20-47)14-12-33(49)45-39)27-8-5-9-28(36(27)41)29-16-24-10-11-32(35(24)38(43-29)52-3)48-21-40(22-48)15-13-34(50)46-40/h4-9,16-17,32H,10-15,18-22H2,1-3H3,(H,45,49)(H,46,50)/t32-/m0/s1. The van der Waals surface area contributed by atoms with Crippen molar-refractivity contribution in [3.05, 3.63) is 76.1 Å². The van der Waals surface area contributed by atoms with Gasteiger partial charge in [-0.15, -0.1) is 0 Å². The van der Waals surface area contributed by atoms with Crippen molar-refractivity contribution in [2.24, 2.45) is 0 Å².